The second kappa shape index (κ2) is 5.79. The summed E-state index contributed by atoms with van der Waals surface area (Å²) in [6.07, 6.45) is 6.35. The van der Waals surface area contributed by atoms with Crippen molar-refractivity contribution in [3.05, 3.63) is 40.9 Å². The third kappa shape index (κ3) is 2.74. The van der Waals surface area contributed by atoms with Gasteiger partial charge in [0.25, 0.3) is 0 Å². The molecule has 0 bridgehead atoms. The largest absolute Gasteiger partial charge is 0.384 e. The molecule has 0 fully saturated rings. The van der Waals surface area contributed by atoms with E-state index in [-0.39, 0.29) is 5.95 Å². The second-order valence-electron chi connectivity index (χ2n) is 4.56. The first kappa shape index (κ1) is 14.0. The summed E-state index contributed by atoms with van der Waals surface area (Å²) >= 11 is 3.41. The molecule has 0 radical (unpaired) electrons. The molecule has 3 heterocycles. The van der Waals surface area contributed by atoms with Crippen molar-refractivity contribution >= 4 is 32.8 Å². The number of aromatic nitrogens is 4. The normalized spacial score (nSPS) is 11.1. The Balaban J connectivity index is 2.19. The van der Waals surface area contributed by atoms with Crippen LogP contribution in [0.4, 0.5) is 5.95 Å². The van der Waals surface area contributed by atoms with Crippen LogP contribution in [0.5, 0.6) is 0 Å². The van der Waals surface area contributed by atoms with Crippen LogP contribution in [0.3, 0.4) is 0 Å². The van der Waals surface area contributed by atoms with Gasteiger partial charge in [-0.1, -0.05) is 0 Å². The zero-order chi connectivity index (χ0) is 14.8. The molecule has 0 amide bonds. The second-order valence-corrected chi connectivity index (χ2v) is 5.38. The van der Waals surface area contributed by atoms with Crippen molar-refractivity contribution in [1.29, 1.82) is 0 Å². The lowest BCUT2D eigenvalue weighted by molar-refractivity contribution is 0.202. The number of hydrogen-bond acceptors (Lipinski definition) is 5. The molecule has 0 saturated carbocycles. The van der Waals surface area contributed by atoms with Gasteiger partial charge in [-0.15, -0.1) is 0 Å². The van der Waals surface area contributed by atoms with Gasteiger partial charge in [0.1, 0.15) is 10.4 Å². The van der Waals surface area contributed by atoms with E-state index in [4.69, 9.17) is 10.5 Å². The number of pyridine rings is 1. The zero-order valence-corrected chi connectivity index (χ0v) is 13.0. The molecular formula is C14H14BrN5O. The predicted octanol–water partition coefficient (Wildman–Crippen LogP) is 2.35. The van der Waals surface area contributed by atoms with E-state index in [9.17, 15) is 0 Å². The number of nitrogens with zero attached hydrogens (tertiary/aromatic N) is 4. The Morgan fingerprint density at radius 2 is 2.24 bits per heavy atom. The van der Waals surface area contributed by atoms with Gasteiger partial charge in [-0.2, -0.15) is 4.98 Å². The summed E-state index contributed by atoms with van der Waals surface area (Å²) in [5.74, 6) is 0.982. The highest BCUT2D eigenvalue weighted by Gasteiger charge is 2.12. The number of nitrogens with two attached hydrogens (primary N) is 1. The van der Waals surface area contributed by atoms with Crippen LogP contribution in [-0.2, 0) is 11.2 Å². The SMILES string of the molecule is COCCc1cn(-c2ccnc(N)n2)c2cc(Br)ncc12. The number of hydrogen-bond donors (Lipinski definition) is 1. The summed E-state index contributed by atoms with van der Waals surface area (Å²) in [7, 11) is 1.69. The maximum absolute atomic E-state index is 5.68. The van der Waals surface area contributed by atoms with Crippen molar-refractivity contribution in [2.45, 2.75) is 6.42 Å². The molecule has 0 aliphatic rings. The quantitative estimate of drug-likeness (QED) is 0.733. The summed E-state index contributed by atoms with van der Waals surface area (Å²) in [5.41, 5.74) is 7.85. The monoisotopic (exact) mass is 347 g/mol. The first-order valence-corrected chi connectivity index (χ1v) is 7.21. The maximum atomic E-state index is 5.68. The van der Waals surface area contributed by atoms with Gasteiger partial charge < -0.3 is 15.0 Å². The van der Waals surface area contributed by atoms with Crippen LogP contribution in [-0.4, -0.2) is 33.2 Å². The fourth-order valence-electron chi connectivity index (χ4n) is 2.26. The number of ether oxygens (including phenoxy) is 1. The Morgan fingerprint density at radius 3 is 3.00 bits per heavy atom. The fourth-order valence-corrected chi connectivity index (χ4v) is 2.58. The molecule has 7 heteroatoms. The molecule has 0 aromatic carbocycles. The minimum Gasteiger partial charge on any atom is -0.384 e. The molecule has 108 valence electrons. The van der Waals surface area contributed by atoms with Crippen LogP contribution >= 0.6 is 15.9 Å². The average molecular weight is 348 g/mol. The first-order chi connectivity index (χ1) is 10.2. The number of rotatable bonds is 4. The standard InChI is InChI=1S/C14H14BrN5O/c1-21-5-3-9-8-20(13-2-4-17-14(16)19-13)11-6-12(15)18-7-10(9)11/h2,4,6-8H,3,5H2,1H3,(H2,16,17,19). The molecule has 3 aromatic heterocycles. The Bertz CT molecular complexity index is 786. The number of halogens is 1. The van der Waals surface area contributed by atoms with E-state index in [2.05, 4.69) is 30.9 Å². The highest BCUT2D eigenvalue weighted by molar-refractivity contribution is 9.10. The molecule has 0 unspecified atom stereocenters. The van der Waals surface area contributed by atoms with Crippen LogP contribution < -0.4 is 5.73 Å². The molecule has 0 atom stereocenters. The van der Waals surface area contributed by atoms with Crippen LogP contribution in [0.15, 0.2) is 35.3 Å². The van der Waals surface area contributed by atoms with Crippen LogP contribution in [0, 0.1) is 0 Å². The van der Waals surface area contributed by atoms with Crippen molar-refractivity contribution in [3.8, 4) is 5.82 Å². The van der Waals surface area contributed by atoms with E-state index in [0.717, 1.165) is 33.3 Å². The Labute approximate surface area is 130 Å². The topological polar surface area (TPSA) is 78.9 Å². The van der Waals surface area contributed by atoms with Crippen molar-refractivity contribution < 1.29 is 4.74 Å². The van der Waals surface area contributed by atoms with Gasteiger partial charge in [-0.3, -0.25) is 0 Å². The lowest BCUT2D eigenvalue weighted by Crippen LogP contribution is -2.01. The van der Waals surface area contributed by atoms with Gasteiger partial charge in [-0.05, 0) is 40.0 Å². The van der Waals surface area contributed by atoms with Gasteiger partial charge in [-0.25, -0.2) is 9.97 Å². The molecular weight excluding hydrogens is 334 g/mol. The smallest absolute Gasteiger partial charge is 0.221 e. The van der Waals surface area contributed by atoms with Crippen LogP contribution in [0.25, 0.3) is 16.7 Å². The Morgan fingerprint density at radius 1 is 1.38 bits per heavy atom. The lowest BCUT2D eigenvalue weighted by Gasteiger charge is -2.04. The summed E-state index contributed by atoms with van der Waals surface area (Å²) in [4.78, 5) is 12.5. The minimum absolute atomic E-state index is 0.251. The summed E-state index contributed by atoms with van der Waals surface area (Å²) in [6, 6.07) is 3.79. The number of anilines is 1. The molecule has 0 saturated heterocycles. The number of methoxy groups -OCH3 is 1. The molecule has 3 aromatic rings. The van der Waals surface area contributed by atoms with E-state index in [1.165, 1.54) is 0 Å². The van der Waals surface area contributed by atoms with E-state index < -0.39 is 0 Å². The summed E-state index contributed by atoms with van der Waals surface area (Å²) in [5, 5.41) is 1.08. The van der Waals surface area contributed by atoms with Gasteiger partial charge in [0.2, 0.25) is 5.95 Å². The molecule has 2 N–H and O–H groups in total. The predicted molar refractivity (Wildman–Crippen MR) is 84.4 cm³/mol. The highest BCUT2D eigenvalue weighted by atomic mass is 79.9. The first-order valence-electron chi connectivity index (χ1n) is 6.42. The van der Waals surface area contributed by atoms with Gasteiger partial charge in [0.15, 0.2) is 0 Å². The Hall–Kier alpha value is -1.99. The van der Waals surface area contributed by atoms with E-state index in [1.807, 2.05) is 29.1 Å². The van der Waals surface area contributed by atoms with E-state index in [0.29, 0.717) is 6.61 Å². The molecule has 21 heavy (non-hydrogen) atoms. The summed E-state index contributed by atoms with van der Waals surface area (Å²) in [6.45, 7) is 0.654. The van der Waals surface area contributed by atoms with E-state index >= 15 is 0 Å². The maximum Gasteiger partial charge on any atom is 0.221 e. The third-order valence-electron chi connectivity index (χ3n) is 3.22. The molecule has 6 nitrogen and oxygen atoms in total. The highest BCUT2D eigenvalue weighted by Crippen LogP contribution is 2.26. The third-order valence-corrected chi connectivity index (χ3v) is 3.65. The van der Waals surface area contributed by atoms with Crippen molar-refractivity contribution in [1.82, 2.24) is 19.5 Å². The van der Waals surface area contributed by atoms with Crippen LogP contribution in [0.2, 0.25) is 0 Å². The summed E-state index contributed by atoms with van der Waals surface area (Å²) < 4.78 is 7.93. The van der Waals surface area contributed by atoms with Gasteiger partial charge in [0, 0.05) is 31.1 Å². The van der Waals surface area contributed by atoms with Crippen LogP contribution in [0.1, 0.15) is 5.56 Å². The average Bonchev–Trinajstić information content (AvgIpc) is 2.83. The fraction of sp³-hybridized carbons (Fsp3) is 0.214. The number of nitrogen functional groups attached to an aromatic ring is 1. The van der Waals surface area contributed by atoms with Crippen molar-refractivity contribution in [3.63, 3.8) is 0 Å². The lowest BCUT2D eigenvalue weighted by atomic mass is 10.2. The molecule has 0 aliphatic carbocycles. The Kier molecular flexibility index (Phi) is 3.85. The number of fused-ring (bicyclic) bond motifs is 1. The molecule has 3 rings (SSSR count). The van der Waals surface area contributed by atoms with Gasteiger partial charge >= 0.3 is 0 Å². The minimum atomic E-state index is 0.251. The van der Waals surface area contributed by atoms with Gasteiger partial charge in [0.05, 0.1) is 12.1 Å². The van der Waals surface area contributed by atoms with E-state index in [1.54, 1.807) is 13.3 Å². The molecule has 0 spiro atoms. The zero-order valence-electron chi connectivity index (χ0n) is 11.5. The van der Waals surface area contributed by atoms with Crippen molar-refractivity contribution in [2.24, 2.45) is 0 Å². The molecule has 0 aliphatic heterocycles. The van der Waals surface area contributed by atoms with Crippen molar-refractivity contribution in [2.75, 3.05) is 19.5 Å².